The van der Waals surface area contributed by atoms with Crippen LogP contribution in [0.3, 0.4) is 0 Å². The second-order valence-corrected chi connectivity index (χ2v) is 11.0. The van der Waals surface area contributed by atoms with Crippen molar-refractivity contribution in [3.63, 3.8) is 0 Å². The molecule has 1 aromatic carbocycles. The number of carbonyl (C=O) groups excluding carboxylic acids is 1. The first-order chi connectivity index (χ1) is 19.3. The van der Waals surface area contributed by atoms with Gasteiger partial charge in [-0.05, 0) is 23.6 Å². The lowest BCUT2D eigenvalue weighted by atomic mass is 9.93. The number of oxazole rings is 1. The van der Waals surface area contributed by atoms with Crippen molar-refractivity contribution in [1.82, 2.24) is 39.9 Å². The number of halogens is 3. The van der Waals surface area contributed by atoms with Crippen LogP contribution < -0.4 is 10.6 Å². The van der Waals surface area contributed by atoms with Crippen LogP contribution in [-0.4, -0.2) is 59.8 Å². The molecule has 11 nitrogen and oxygen atoms in total. The van der Waals surface area contributed by atoms with Crippen LogP contribution in [0.5, 0.6) is 0 Å². The van der Waals surface area contributed by atoms with Gasteiger partial charge in [0.15, 0.2) is 5.82 Å². The highest BCUT2D eigenvalue weighted by Crippen LogP contribution is 2.32. The third-order valence-electron chi connectivity index (χ3n) is 6.61. The summed E-state index contributed by atoms with van der Waals surface area (Å²) in [5.41, 5.74) is 2.93. The molecule has 0 saturated carbocycles. The van der Waals surface area contributed by atoms with E-state index in [0.29, 0.717) is 39.8 Å². The lowest BCUT2D eigenvalue weighted by Crippen LogP contribution is -2.35. The monoisotopic (exact) mass is 569 g/mol. The van der Waals surface area contributed by atoms with Gasteiger partial charge >= 0.3 is 12.1 Å². The quantitative estimate of drug-likeness (QED) is 0.344. The summed E-state index contributed by atoms with van der Waals surface area (Å²) >= 11 is 0. The number of anilines is 2. The number of nitrogens with one attached hydrogen (secondary N) is 2. The van der Waals surface area contributed by atoms with Gasteiger partial charge in [-0.15, -0.1) is 0 Å². The molecule has 1 aliphatic rings. The maximum Gasteiger partial charge on any atom is 0.401 e. The first kappa shape index (κ1) is 28.2. The SMILES string of the molecule is Cn1cc(Nc2ncnc(-c3ccc4c(c3)CN(CC(F)(F)F)CCC4NC(=O)c3nc(C(C)(C)C)co3)n2)cn1. The fourth-order valence-corrected chi connectivity index (χ4v) is 4.60. The lowest BCUT2D eigenvalue weighted by molar-refractivity contribution is -0.147. The van der Waals surface area contributed by atoms with Gasteiger partial charge in [-0.1, -0.05) is 32.9 Å². The molecule has 0 saturated heterocycles. The Morgan fingerprint density at radius 2 is 1.98 bits per heavy atom. The van der Waals surface area contributed by atoms with Crippen molar-refractivity contribution >= 4 is 17.5 Å². The maximum absolute atomic E-state index is 13.4. The van der Waals surface area contributed by atoms with Gasteiger partial charge in [-0.2, -0.15) is 23.3 Å². The van der Waals surface area contributed by atoms with Crippen LogP contribution in [0.2, 0.25) is 0 Å². The van der Waals surface area contributed by atoms with Crippen molar-refractivity contribution in [3.05, 3.63) is 65.9 Å². The Hall–Kier alpha value is -4.33. The molecule has 4 heterocycles. The van der Waals surface area contributed by atoms with Gasteiger partial charge in [0.2, 0.25) is 5.95 Å². The number of nitrogens with zero attached hydrogens (tertiary/aromatic N) is 7. The van der Waals surface area contributed by atoms with E-state index in [2.05, 4.69) is 35.7 Å². The van der Waals surface area contributed by atoms with Crippen molar-refractivity contribution in [2.75, 3.05) is 18.4 Å². The van der Waals surface area contributed by atoms with E-state index in [4.69, 9.17) is 4.42 Å². The van der Waals surface area contributed by atoms with Gasteiger partial charge in [-0.3, -0.25) is 14.4 Å². The third-order valence-corrected chi connectivity index (χ3v) is 6.61. The van der Waals surface area contributed by atoms with Crippen LogP contribution in [0.15, 0.2) is 47.6 Å². The Morgan fingerprint density at radius 3 is 2.66 bits per heavy atom. The number of hydrogen-bond acceptors (Lipinski definition) is 9. The molecule has 4 aromatic rings. The summed E-state index contributed by atoms with van der Waals surface area (Å²) in [6.45, 7) is 4.94. The first-order valence-corrected chi connectivity index (χ1v) is 13.0. The summed E-state index contributed by atoms with van der Waals surface area (Å²) in [6, 6.07) is 4.77. The average Bonchev–Trinajstić information content (AvgIpc) is 3.52. The van der Waals surface area contributed by atoms with E-state index in [0.717, 1.165) is 0 Å². The van der Waals surface area contributed by atoms with Crippen LogP contribution in [0.25, 0.3) is 11.4 Å². The number of amides is 1. The predicted octanol–water partition coefficient (Wildman–Crippen LogP) is 4.54. The van der Waals surface area contributed by atoms with Crippen LogP contribution in [-0.2, 0) is 19.0 Å². The van der Waals surface area contributed by atoms with E-state index in [1.165, 1.54) is 17.5 Å². The van der Waals surface area contributed by atoms with Crippen LogP contribution in [0, 0.1) is 0 Å². The molecule has 216 valence electrons. The van der Waals surface area contributed by atoms with Crippen molar-refractivity contribution < 1.29 is 22.4 Å². The number of hydrogen-bond donors (Lipinski definition) is 2. The highest BCUT2D eigenvalue weighted by Gasteiger charge is 2.34. The summed E-state index contributed by atoms with van der Waals surface area (Å²) in [4.78, 5) is 31.6. The zero-order valence-electron chi connectivity index (χ0n) is 23.0. The lowest BCUT2D eigenvalue weighted by Gasteiger charge is -2.22. The number of aromatic nitrogens is 6. The molecule has 5 rings (SSSR count). The number of fused-ring (bicyclic) bond motifs is 1. The summed E-state index contributed by atoms with van der Waals surface area (Å²) in [5.74, 6) is 0.00921. The van der Waals surface area contributed by atoms with Gasteiger partial charge in [0, 0.05) is 37.3 Å². The van der Waals surface area contributed by atoms with Crippen LogP contribution >= 0.6 is 0 Å². The number of aryl methyl sites for hydroxylation is 1. The third kappa shape index (κ3) is 6.88. The second kappa shape index (κ2) is 10.9. The Bertz CT molecular complexity index is 1540. The molecule has 0 bridgehead atoms. The van der Waals surface area contributed by atoms with E-state index < -0.39 is 24.7 Å². The maximum atomic E-state index is 13.4. The van der Waals surface area contributed by atoms with Crippen molar-refractivity contribution in [1.29, 1.82) is 0 Å². The van der Waals surface area contributed by atoms with Crippen molar-refractivity contribution in [2.45, 2.75) is 51.4 Å². The molecular weight excluding hydrogens is 539 g/mol. The van der Waals surface area contributed by atoms with Crippen molar-refractivity contribution in [2.24, 2.45) is 7.05 Å². The average molecular weight is 570 g/mol. The smallest absolute Gasteiger partial charge is 0.401 e. The van der Waals surface area contributed by atoms with Gasteiger partial charge in [0.05, 0.1) is 30.2 Å². The molecule has 1 unspecified atom stereocenters. The van der Waals surface area contributed by atoms with Gasteiger partial charge in [0.25, 0.3) is 5.89 Å². The molecule has 14 heteroatoms. The molecule has 1 atom stereocenters. The van der Waals surface area contributed by atoms with Gasteiger partial charge in [-0.25, -0.2) is 15.0 Å². The number of benzene rings is 1. The number of alkyl halides is 3. The molecule has 41 heavy (non-hydrogen) atoms. The minimum atomic E-state index is -4.37. The molecule has 0 fully saturated rings. The molecule has 0 aliphatic carbocycles. The summed E-state index contributed by atoms with van der Waals surface area (Å²) in [7, 11) is 1.78. The topological polar surface area (TPSA) is 127 Å². The highest BCUT2D eigenvalue weighted by molar-refractivity contribution is 5.90. The minimum absolute atomic E-state index is 0.0358. The Balaban J connectivity index is 1.43. The normalized spacial score (nSPS) is 16.2. The Kier molecular flexibility index (Phi) is 7.51. The van der Waals surface area contributed by atoms with E-state index in [9.17, 15) is 18.0 Å². The zero-order valence-corrected chi connectivity index (χ0v) is 23.0. The fourth-order valence-electron chi connectivity index (χ4n) is 4.60. The number of carbonyl (C=O) groups is 1. The summed E-state index contributed by atoms with van der Waals surface area (Å²) in [6.07, 6.45) is 2.08. The molecule has 1 aliphatic heterocycles. The zero-order chi connectivity index (χ0) is 29.4. The van der Waals surface area contributed by atoms with E-state index in [1.807, 2.05) is 20.8 Å². The predicted molar refractivity (Wildman–Crippen MR) is 143 cm³/mol. The molecular formula is C27H30F3N9O2. The standard InChI is InChI=1S/C27H30F3N9O2/c1-26(2,3)21-13-41-24(36-21)23(40)35-20-7-8-39(14-27(28,29)30)11-17-9-16(5-6-19(17)20)22-31-15-32-25(37-22)34-18-10-33-38(4)12-18/h5-6,9-10,12-13,15,20H,7-8,11,14H2,1-4H3,(H,35,40)(H,31,32,34,37). The molecule has 3 aromatic heterocycles. The van der Waals surface area contributed by atoms with E-state index >= 15 is 0 Å². The molecule has 2 N–H and O–H groups in total. The fraction of sp³-hybridized carbons (Fsp3) is 0.407. The largest absolute Gasteiger partial charge is 0.441 e. The Labute approximate surface area is 234 Å². The van der Waals surface area contributed by atoms with E-state index in [-0.39, 0.29) is 30.8 Å². The highest BCUT2D eigenvalue weighted by atomic mass is 19.4. The van der Waals surface area contributed by atoms with Crippen LogP contribution in [0.4, 0.5) is 24.8 Å². The number of rotatable bonds is 6. The molecule has 0 spiro atoms. The van der Waals surface area contributed by atoms with Crippen molar-refractivity contribution in [3.8, 4) is 11.4 Å². The van der Waals surface area contributed by atoms with Gasteiger partial charge < -0.3 is 15.1 Å². The van der Waals surface area contributed by atoms with Crippen LogP contribution in [0.1, 0.15) is 60.7 Å². The summed E-state index contributed by atoms with van der Waals surface area (Å²) in [5, 5.41) is 10.1. The van der Waals surface area contributed by atoms with E-state index in [1.54, 1.807) is 42.3 Å². The minimum Gasteiger partial charge on any atom is -0.441 e. The Morgan fingerprint density at radius 1 is 1.17 bits per heavy atom. The molecule has 1 amide bonds. The van der Waals surface area contributed by atoms with Gasteiger partial charge in [0.1, 0.15) is 12.6 Å². The second-order valence-electron chi connectivity index (χ2n) is 11.0. The first-order valence-electron chi connectivity index (χ1n) is 13.0. The summed E-state index contributed by atoms with van der Waals surface area (Å²) < 4.78 is 47.2. The molecule has 0 radical (unpaired) electrons.